The van der Waals surface area contributed by atoms with Gasteiger partial charge >= 0.3 is 0 Å². The summed E-state index contributed by atoms with van der Waals surface area (Å²) in [5, 5.41) is 3.42. The van der Waals surface area contributed by atoms with Crippen molar-refractivity contribution in [3.63, 3.8) is 0 Å². The number of halogens is 1. The maximum absolute atomic E-state index is 5.92. The number of aryl methyl sites for hydroxylation is 1. The molecule has 0 aliphatic carbocycles. The zero-order valence-corrected chi connectivity index (χ0v) is 11.6. The Morgan fingerprint density at radius 2 is 2.06 bits per heavy atom. The fraction of sp³-hybridized carbons (Fsp3) is 0.385. The van der Waals surface area contributed by atoms with Crippen molar-refractivity contribution in [3.05, 3.63) is 45.0 Å². The number of hydrogen-bond acceptors (Lipinski definition) is 3. The van der Waals surface area contributed by atoms with E-state index in [2.05, 4.69) is 25.2 Å². The molecule has 1 atom stereocenters. The van der Waals surface area contributed by atoms with Gasteiger partial charge in [-0.2, -0.15) is 0 Å². The van der Waals surface area contributed by atoms with Gasteiger partial charge < -0.3 is 9.73 Å². The Morgan fingerprint density at radius 3 is 2.65 bits per heavy atom. The van der Waals surface area contributed by atoms with Gasteiger partial charge in [-0.25, -0.2) is 0 Å². The summed E-state index contributed by atoms with van der Waals surface area (Å²) >= 11 is 7.53. The van der Waals surface area contributed by atoms with E-state index in [1.807, 2.05) is 18.2 Å². The minimum absolute atomic E-state index is 0.294. The average Bonchev–Trinajstić information content (AvgIpc) is 2.94. The summed E-state index contributed by atoms with van der Waals surface area (Å²) in [5.74, 6) is 2.02. The third-order valence-corrected chi connectivity index (χ3v) is 4.08. The molecule has 2 aromatic heterocycles. The van der Waals surface area contributed by atoms with Crippen molar-refractivity contribution >= 4 is 22.9 Å². The van der Waals surface area contributed by atoms with E-state index in [-0.39, 0.29) is 0 Å². The molecule has 0 amide bonds. The molecular formula is C13H16ClNOS. The van der Waals surface area contributed by atoms with Crippen molar-refractivity contribution in [2.24, 2.45) is 0 Å². The molecule has 0 aliphatic heterocycles. The van der Waals surface area contributed by atoms with Crippen molar-refractivity contribution in [2.75, 3.05) is 0 Å². The van der Waals surface area contributed by atoms with Gasteiger partial charge in [-0.05, 0) is 31.2 Å². The normalized spacial score (nSPS) is 12.9. The molecule has 17 heavy (non-hydrogen) atoms. The fourth-order valence-electron chi connectivity index (χ4n) is 1.62. The Morgan fingerprint density at radius 1 is 1.29 bits per heavy atom. The lowest BCUT2D eigenvalue weighted by atomic mass is 10.2. The molecule has 2 nitrogen and oxygen atoms in total. The second-order valence-electron chi connectivity index (χ2n) is 3.97. The van der Waals surface area contributed by atoms with Crippen LogP contribution in [-0.2, 0) is 13.0 Å². The number of furan rings is 1. The zero-order valence-electron chi connectivity index (χ0n) is 10.00. The summed E-state index contributed by atoms with van der Waals surface area (Å²) in [7, 11) is 0. The van der Waals surface area contributed by atoms with Gasteiger partial charge in [0.25, 0.3) is 0 Å². The van der Waals surface area contributed by atoms with Crippen LogP contribution in [0.1, 0.15) is 36.3 Å². The van der Waals surface area contributed by atoms with Crippen molar-refractivity contribution in [1.82, 2.24) is 5.32 Å². The zero-order chi connectivity index (χ0) is 12.3. The first-order valence-electron chi connectivity index (χ1n) is 5.75. The smallest absolute Gasteiger partial charge is 0.117 e. The first kappa shape index (κ1) is 12.7. The second-order valence-corrected chi connectivity index (χ2v) is 5.71. The van der Waals surface area contributed by atoms with Crippen LogP contribution >= 0.6 is 22.9 Å². The maximum Gasteiger partial charge on any atom is 0.117 e. The van der Waals surface area contributed by atoms with Gasteiger partial charge in [-0.3, -0.25) is 0 Å². The standard InChI is InChI=1S/C13H16ClNOS/c1-3-10-4-5-11(16-10)8-15-9(2)12-6-7-13(14)17-12/h4-7,9,15H,3,8H2,1-2H3. The van der Waals surface area contributed by atoms with E-state index in [0.29, 0.717) is 6.04 Å². The highest BCUT2D eigenvalue weighted by Crippen LogP contribution is 2.26. The third kappa shape index (κ3) is 3.35. The summed E-state index contributed by atoms with van der Waals surface area (Å²) in [4.78, 5) is 1.25. The lowest BCUT2D eigenvalue weighted by Crippen LogP contribution is -2.16. The molecule has 2 rings (SSSR count). The predicted octanol–water partition coefficient (Wildman–Crippen LogP) is 4.41. The summed E-state index contributed by atoms with van der Waals surface area (Å²) in [5.41, 5.74) is 0. The number of thiophene rings is 1. The highest BCUT2D eigenvalue weighted by molar-refractivity contribution is 7.16. The monoisotopic (exact) mass is 269 g/mol. The van der Waals surface area contributed by atoms with Gasteiger partial charge in [0.2, 0.25) is 0 Å². The Balaban J connectivity index is 1.89. The molecule has 0 radical (unpaired) electrons. The van der Waals surface area contributed by atoms with E-state index in [9.17, 15) is 0 Å². The molecule has 2 heterocycles. The average molecular weight is 270 g/mol. The van der Waals surface area contributed by atoms with Crippen molar-refractivity contribution in [3.8, 4) is 0 Å². The first-order valence-corrected chi connectivity index (χ1v) is 6.94. The minimum atomic E-state index is 0.294. The van der Waals surface area contributed by atoms with E-state index in [1.54, 1.807) is 11.3 Å². The third-order valence-electron chi connectivity index (χ3n) is 2.67. The lowest BCUT2D eigenvalue weighted by molar-refractivity contribution is 0.436. The Hall–Kier alpha value is -0.770. The van der Waals surface area contributed by atoms with Crippen molar-refractivity contribution in [2.45, 2.75) is 32.9 Å². The molecule has 0 aliphatic rings. The first-order chi connectivity index (χ1) is 8.19. The molecule has 0 saturated carbocycles. The fourth-order valence-corrected chi connectivity index (χ4v) is 2.71. The Labute approximate surface area is 111 Å². The Kier molecular flexibility index (Phi) is 4.26. The van der Waals surface area contributed by atoms with Crippen LogP contribution in [0.4, 0.5) is 0 Å². The SMILES string of the molecule is CCc1ccc(CNC(C)c2ccc(Cl)s2)o1. The molecule has 2 aromatic rings. The molecule has 0 fully saturated rings. The maximum atomic E-state index is 5.92. The summed E-state index contributed by atoms with van der Waals surface area (Å²) < 4.78 is 6.47. The van der Waals surface area contributed by atoms with Gasteiger partial charge in [0.1, 0.15) is 11.5 Å². The molecule has 92 valence electrons. The quantitative estimate of drug-likeness (QED) is 0.870. The number of hydrogen-bond donors (Lipinski definition) is 1. The molecule has 0 saturated heterocycles. The molecule has 0 aromatic carbocycles. The predicted molar refractivity (Wildman–Crippen MR) is 72.7 cm³/mol. The number of nitrogens with one attached hydrogen (secondary N) is 1. The summed E-state index contributed by atoms with van der Waals surface area (Å²) in [6.07, 6.45) is 0.941. The lowest BCUT2D eigenvalue weighted by Gasteiger charge is -2.10. The molecule has 0 bridgehead atoms. The van der Waals surface area contributed by atoms with E-state index in [4.69, 9.17) is 16.0 Å². The second kappa shape index (κ2) is 5.71. The van der Waals surface area contributed by atoms with E-state index in [0.717, 1.165) is 28.8 Å². The van der Waals surface area contributed by atoms with Crippen LogP contribution in [0.2, 0.25) is 4.34 Å². The highest BCUT2D eigenvalue weighted by atomic mass is 35.5. The minimum Gasteiger partial charge on any atom is -0.465 e. The van der Waals surface area contributed by atoms with Gasteiger partial charge in [0, 0.05) is 17.3 Å². The summed E-state index contributed by atoms with van der Waals surface area (Å²) in [6, 6.07) is 8.35. The van der Waals surface area contributed by atoms with Gasteiger partial charge in [-0.15, -0.1) is 11.3 Å². The van der Waals surface area contributed by atoms with Gasteiger partial charge in [-0.1, -0.05) is 18.5 Å². The molecular weight excluding hydrogens is 254 g/mol. The van der Waals surface area contributed by atoms with E-state index >= 15 is 0 Å². The molecule has 1 unspecified atom stereocenters. The Bertz CT molecular complexity index is 477. The van der Waals surface area contributed by atoms with Crippen LogP contribution < -0.4 is 5.32 Å². The van der Waals surface area contributed by atoms with Crippen LogP contribution in [-0.4, -0.2) is 0 Å². The molecule has 1 N–H and O–H groups in total. The van der Waals surface area contributed by atoms with Crippen LogP contribution in [0.25, 0.3) is 0 Å². The molecule has 0 spiro atoms. The topological polar surface area (TPSA) is 25.2 Å². The van der Waals surface area contributed by atoms with Crippen molar-refractivity contribution in [1.29, 1.82) is 0 Å². The largest absolute Gasteiger partial charge is 0.465 e. The number of rotatable bonds is 5. The van der Waals surface area contributed by atoms with E-state index < -0.39 is 0 Å². The molecule has 4 heteroatoms. The highest BCUT2D eigenvalue weighted by Gasteiger charge is 2.08. The van der Waals surface area contributed by atoms with Gasteiger partial charge in [0.05, 0.1) is 10.9 Å². The van der Waals surface area contributed by atoms with Crippen molar-refractivity contribution < 1.29 is 4.42 Å². The van der Waals surface area contributed by atoms with E-state index in [1.165, 1.54) is 4.88 Å². The van der Waals surface area contributed by atoms with Crippen LogP contribution in [0.3, 0.4) is 0 Å². The van der Waals surface area contributed by atoms with Crippen LogP contribution in [0.5, 0.6) is 0 Å². The van der Waals surface area contributed by atoms with Gasteiger partial charge in [0.15, 0.2) is 0 Å². The van der Waals surface area contributed by atoms with Crippen LogP contribution in [0, 0.1) is 0 Å². The van der Waals surface area contributed by atoms with Crippen LogP contribution in [0.15, 0.2) is 28.7 Å². The summed E-state index contributed by atoms with van der Waals surface area (Å²) in [6.45, 7) is 4.97.